The Morgan fingerprint density at radius 2 is 0.550 bits per heavy atom. The van der Waals surface area contributed by atoms with Crippen LogP contribution in [0.3, 0.4) is 0 Å². The van der Waals surface area contributed by atoms with E-state index in [-0.39, 0.29) is 0 Å². The van der Waals surface area contributed by atoms with Crippen LogP contribution < -0.4 is 0 Å². The molecule has 0 saturated heterocycles. The zero-order chi connectivity index (χ0) is 14.7. The van der Waals surface area contributed by atoms with Gasteiger partial charge in [-0.05, 0) is 65.2 Å². The van der Waals surface area contributed by atoms with Crippen LogP contribution in [-0.2, 0) is 0 Å². The summed E-state index contributed by atoms with van der Waals surface area (Å²) in [7, 11) is 0. The lowest BCUT2D eigenvalue weighted by molar-refractivity contribution is 0.977. The predicted molar refractivity (Wildman–Crippen MR) is 94.0 cm³/mol. The van der Waals surface area contributed by atoms with Crippen LogP contribution in [0.2, 0.25) is 0 Å². The van der Waals surface area contributed by atoms with Gasteiger partial charge in [0, 0.05) is 0 Å². The minimum absolute atomic E-state index is 1.17. The lowest BCUT2D eigenvalue weighted by Gasteiger charge is -1.90. The van der Waals surface area contributed by atoms with Crippen molar-refractivity contribution in [2.24, 2.45) is 0 Å². The Kier molecular flexibility index (Phi) is 16.5. The molecule has 0 rings (SSSR count). The van der Waals surface area contributed by atoms with Crippen molar-refractivity contribution >= 4 is 0 Å². The summed E-state index contributed by atoms with van der Waals surface area (Å²) in [6, 6.07) is 0. The van der Waals surface area contributed by atoms with E-state index in [2.05, 4.69) is 74.6 Å². The van der Waals surface area contributed by atoms with Crippen LogP contribution in [0.5, 0.6) is 0 Å². The van der Waals surface area contributed by atoms with E-state index in [0.29, 0.717) is 0 Å². The second kappa shape index (κ2) is 17.7. The van der Waals surface area contributed by atoms with Gasteiger partial charge in [-0.3, -0.25) is 0 Å². The molecule has 0 spiro atoms. The first-order chi connectivity index (χ1) is 9.91. The van der Waals surface area contributed by atoms with Crippen molar-refractivity contribution in [2.45, 2.75) is 65.2 Å². The predicted octanol–water partition coefficient (Wildman–Crippen LogP) is 6.93. The minimum Gasteiger partial charge on any atom is -0.0917 e. The van der Waals surface area contributed by atoms with Crippen LogP contribution in [-0.4, -0.2) is 0 Å². The van der Waals surface area contributed by atoms with E-state index in [1.807, 2.05) is 0 Å². The number of allylic oxidation sites excluding steroid dienone is 10. The molecule has 0 fully saturated rings. The van der Waals surface area contributed by atoms with Gasteiger partial charge in [0.2, 0.25) is 0 Å². The second-order valence-corrected chi connectivity index (χ2v) is 4.86. The SMILES string of the molecule is C/C=C\CC/C=C\CC/C=C\CC/C=C\CC/C=C\C. The zero-order valence-electron chi connectivity index (χ0n) is 13.4. The molecule has 0 saturated carbocycles. The maximum atomic E-state index is 2.31. The molecule has 0 aliphatic heterocycles. The molecule has 0 aromatic rings. The Morgan fingerprint density at radius 3 is 0.750 bits per heavy atom. The molecule has 0 aromatic carbocycles. The van der Waals surface area contributed by atoms with Crippen molar-refractivity contribution in [3.8, 4) is 0 Å². The van der Waals surface area contributed by atoms with Crippen molar-refractivity contribution < 1.29 is 0 Å². The van der Waals surface area contributed by atoms with Crippen molar-refractivity contribution in [3.63, 3.8) is 0 Å². The highest BCUT2D eigenvalue weighted by molar-refractivity contribution is 4.92. The lowest BCUT2D eigenvalue weighted by Crippen LogP contribution is -1.69. The van der Waals surface area contributed by atoms with Crippen LogP contribution in [0.1, 0.15) is 65.2 Å². The number of hydrogen-bond donors (Lipinski definition) is 0. The third kappa shape index (κ3) is 16.7. The molecule has 0 aromatic heterocycles. The third-order valence-corrected chi connectivity index (χ3v) is 2.97. The van der Waals surface area contributed by atoms with E-state index in [1.54, 1.807) is 0 Å². The Labute approximate surface area is 126 Å². The lowest BCUT2D eigenvalue weighted by atomic mass is 10.2. The Bertz CT molecular complexity index is 281. The Hall–Kier alpha value is -1.30. The molecule has 0 radical (unpaired) electrons. The summed E-state index contributed by atoms with van der Waals surface area (Å²) in [4.78, 5) is 0. The fourth-order valence-electron chi connectivity index (χ4n) is 1.81. The van der Waals surface area contributed by atoms with Gasteiger partial charge < -0.3 is 0 Å². The van der Waals surface area contributed by atoms with E-state index in [0.717, 1.165) is 0 Å². The summed E-state index contributed by atoms with van der Waals surface area (Å²) in [6.45, 7) is 4.15. The summed E-state index contributed by atoms with van der Waals surface area (Å²) < 4.78 is 0. The molecular weight excluding hydrogens is 240 g/mol. The first-order valence-electron chi connectivity index (χ1n) is 8.09. The van der Waals surface area contributed by atoms with E-state index >= 15 is 0 Å². The molecule has 0 amide bonds. The van der Waals surface area contributed by atoms with Gasteiger partial charge in [0.05, 0.1) is 0 Å². The van der Waals surface area contributed by atoms with Crippen molar-refractivity contribution in [2.75, 3.05) is 0 Å². The van der Waals surface area contributed by atoms with Crippen molar-refractivity contribution in [1.29, 1.82) is 0 Å². The van der Waals surface area contributed by atoms with E-state index in [9.17, 15) is 0 Å². The van der Waals surface area contributed by atoms with E-state index in [4.69, 9.17) is 0 Å². The fourth-order valence-corrected chi connectivity index (χ4v) is 1.81. The van der Waals surface area contributed by atoms with Crippen LogP contribution in [0.15, 0.2) is 60.8 Å². The molecule has 0 N–H and O–H groups in total. The fraction of sp³-hybridized carbons (Fsp3) is 0.500. The van der Waals surface area contributed by atoms with Gasteiger partial charge in [-0.2, -0.15) is 0 Å². The molecule has 0 atom stereocenters. The first-order valence-corrected chi connectivity index (χ1v) is 8.09. The Balaban J connectivity index is 3.31. The third-order valence-electron chi connectivity index (χ3n) is 2.97. The summed E-state index contributed by atoms with van der Waals surface area (Å²) in [5, 5.41) is 0. The van der Waals surface area contributed by atoms with Crippen LogP contribution >= 0.6 is 0 Å². The highest BCUT2D eigenvalue weighted by atomic mass is 13.9. The Morgan fingerprint density at radius 1 is 0.350 bits per heavy atom. The summed E-state index contributed by atoms with van der Waals surface area (Å²) >= 11 is 0. The summed E-state index contributed by atoms with van der Waals surface area (Å²) in [5.41, 5.74) is 0. The van der Waals surface area contributed by atoms with Gasteiger partial charge in [0.25, 0.3) is 0 Å². The molecule has 0 aliphatic rings. The maximum absolute atomic E-state index is 2.31. The van der Waals surface area contributed by atoms with Gasteiger partial charge in [0.1, 0.15) is 0 Å². The number of unbranched alkanes of at least 4 members (excludes halogenated alkanes) is 4. The number of hydrogen-bond acceptors (Lipinski definition) is 0. The largest absolute Gasteiger partial charge is 0.0917 e. The zero-order valence-corrected chi connectivity index (χ0v) is 13.4. The molecule has 0 aliphatic carbocycles. The van der Waals surface area contributed by atoms with Gasteiger partial charge in [-0.15, -0.1) is 0 Å². The molecule has 0 bridgehead atoms. The van der Waals surface area contributed by atoms with Gasteiger partial charge in [0.15, 0.2) is 0 Å². The standard InChI is InChI=1S/C20H32/c1-3-5-7-9-11-13-15-17-19-20-18-16-14-12-10-8-6-4-2/h3-6,11-14,19-20H,7-10,15-18H2,1-2H3/b5-3-,6-4-,13-11-,14-12-,20-19-. The van der Waals surface area contributed by atoms with E-state index < -0.39 is 0 Å². The van der Waals surface area contributed by atoms with Gasteiger partial charge in [-0.1, -0.05) is 60.8 Å². The highest BCUT2D eigenvalue weighted by Gasteiger charge is 1.80. The number of rotatable bonds is 12. The minimum atomic E-state index is 1.17. The van der Waals surface area contributed by atoms with Crippen molar-refractivity contribution in [1.82, 2.24) is 0 Å². The average Bonchev–Trinajstić information content (AvgIpc) is 2.47. The average molecular weight is 272 g/mol. The second-order valence-electron chi connectivity index (χ2n) is 4.86. The van der Waals surface area contributed by atoms with E-state index in [1.165, 1.54) is 51.4 Å². The monoisotopic (exact) mass is 272 g/mol. The maximum Gasteiger partial charge on any atom is -0.0316 e. The summed E-state index contributed by atoms with van der Waals surface area (Å²) in [6.07, 6.45) is 31.8. The summed E-state index contributed by atoms with van der Waals surface area (Å²) in [5.74, 6) is 0. The topological polar surface area (TPSA) is 0 Å². The first kappa shape index (κ1) is 18.7. The van der Waals surface area contributed by atoms with Gasteiger partial charge >= 0.3 is 0 Å². The van der Waals surface area contributed by atoms with Crippen LogP contribution in [0.4, 0.5) is 0 Å². The molecule has 20 heavy (non-hydrogen) atoms. The quantitative estimate of drug-likeness (QED) is 0.267. The van der Waals surface area contributed by atoms with Crippen molar-refractivity contribution in [3.05, 3.63) is 60.8 Å². The highest BCUT2D eigenvalue weighted by Crippen LogP contribution is 2.01. The normalized spacial score (nSPS) is 13.1. The smallest absolute Gasteiger partial charge is 0.0316 e. The molecule has 0 heterocycles. The van der Waals surface area contributed by atoms with Crippen LogP contribution in [0.25, 0.3) is 0 Å². The van der Waals surface area contributed by atoms with Gasteiger partial charge in [-0.25, -0.2) is 0 Å². The van der Waals surface area contributed by atoms with Crippen LogP contribution in [0, 0.1) is 0 Å². The molecule has 0 heteroatoms. The molecule has 112 valence electrons. The molecular formula is C20H32. The molecule has 0 nitrogen and oxygen atoms in total. The molecule has 0 unspecified atom stereocenters.